The van der Waals surface area contributed by atoms with Crippen LogP contribution in [0.4, 0.5) is 0 Å². The Morgan fingerprint density at radius 1 is 0.420 bits per heavy atom. The normalized spacial score (nSPS) is 13.1. The quantitative estimate of drug-likeness (QED) is 0.204. The lowest BCUT2D eigenvalue weighted by Gasteiger charge is -2.20. The smallest absolute Gasteiger partial charge is 0.152 e. The molecule has 0 fully saturated rings. The average molecular weight is 638 g/mol. The lowest BCUT2D eigenvalue weighted by Crippen LogP contribution is -2.28. The van der Waals surface area contributed by atoms with E-state index < -0.39 is 0 Å². The van der Waals surface area contributed by atoms with Gasteiger partial charge in [0.05, 0.1) is 5.70 Å². The molecule has 1 aromatic heterocycles. The number of pyridine rings is 1. The lowest BCUT2D eigenvalue weighted by atomic mass is 9.82. The summed E-state index contributed by atoms with van der Waals surface area (Å²) in [6, 6.07) is 57.0. The van der Waals surface area contributed by atoms with E-state index in [0.29, 0.717) is 6.54 Å². The first-order valence-corrected chi connectivity index (χ1v) is 17.1. The van der Waals surface area contributed by atoms with Gasteiger partial charge in [-0.05, 0) is 101 Å². The molecule has 0 saturated heterocycles. The molecule has 0 spiro atoms. The van der Waals surface area contributed by atoms with Crippen LogP contribution in [0.2, 0.25) is 0 Å². The largest absolute Gasteiger partial charge is 0.365 e. The van der Waals surface area contributed by atoms with Gasteiger partial charge in [0.2, 0.25) is 0 Å². The fourth-order valence-corrected chi connectivity index (χ4v) is 7.97. The summed E-state index contributed by atoms with van der Waals surface area (Å²) in [6.45, 7) is 0.715. The summed E-state index contributed by atoms with van der Waals surface area (Å²) < 4.78 is 0. The summed E-state index contributed by atoms with van der Waals surface area (Å²) >= 11 is 0. The number of aromatic nitrogens is 1. The first-order valence-electron chi connectivity index (χ1n) is 17.1. The minimum absolute atomic E-state index is 0.715. The number of nitrogens with zero attached hydrogens (tertiary/aromatic N) is 2. The highest BCUT2D eigenvalue weighted by molar-refractivity contribution is 6.28. The number of aliphatic imine (C=N–C) groups is 1. The highest BCUT2D eigenvalue weighted by Gasteiger charge is 2.31. The minimum atomic E-state index is 0.715. The third-order valence-electron chi connectivity index (χ3n) is 10.1. The molecule has 7 aromatic carbocycles. The van der Waals surface area contributed by atoms with Crippen molar-refractivity contribution in [2.45, 2.75) is 0 Å². The van der Waals surface area contributed by atoms with Crippen LogP contribution in [0.1, 0.15) is 11.3 Å². The number of amidine groups is 1. The van der Waals surface area contributed by atoms with Crippen LogP contribution >= 0.6 is 0 Å². The molecule has 234 valence electrons. The van der Waals surface area contributed by atoms with E-state index in [0.717, 1.165) is 22.8 Å². The molecule has 0 saturated carbocycles. The molecule has 2 heterocycles. The highest BCUT2D eigenvalue weighted by Crippen LogP contribution is 2.58. The predicted octanol–water partition coefficient (Wildman–Crippen LogP) is 11.4. The predicted molar refractivity (Wildman–Crippen MR) is 209 cm³/mol. The average Bonchev–Trinajstić information content (AvgIpc) is 3.53. The third kappa shape index (κ3) is 4.44. The van der Waals surface area contributed by atoms with Gasteiger partial charge in [-0.25, -0.2) is 4.99 Å². The van der Waals surface area contributed by atoms with Crippen molar-refractivity contribution in [1.29, 1.82) is 0 Å². The Kier molecular flexibility index (Phi) is 6.56. The maximum atomic E-state index is 4.92. The maximum absolute atomic E-state index is 4.92. The van der Waals surface area contributed by atoms with Crippen molar-refractivity contribution in [1.82, 2.24) is 10.3 Å². The molecular weight excluding hydrogens is 607 g/mol. The second-order valence-corrected chi connectivity index (χ2v) is 12.9. The Balaban J connectivity index is 1.16. The van der Waals surface area contributed by atoms with Crippen LogP contribution in [-0.2, 0) is 0 Å². The molecule has 3 heteroatoms. The Morgan fingerprint density at radius 2 is 1.00 bits per heavy atom. The molecule has 1 aliphatic carbocycles. The molecule has 10 rings (SSSR count). The van der Waals surface area contributed by atoms with Crippen molar-refractivity contribution < 1.29 is 0 Å². The SMILES string of the molecule is C1=C(c2ccc(-c3ccc4c5c(cccc35)-c3c-4c(-c4ccccc4)c4ccccc4c3-c3ccccc3)cc2)N=C(c2ccccn2)NC1. The van der Waals surface area contributed by atoms with E-state index in [1.54, 1.807) is 6.20 Å². The molecule has 0 radical (unpaired) electrons. The van der Waals surface area contributed by atoms with Crippen molar-refractivity contribution in [3.8, 4) is 55.6 Å². The second-order valence-electron chi connectivity index (χ2n) is 12.9. The lowest BCUT2D eigenvalue weighted by molar-refractivity contribution is 1.01. The first kappa shape index (κ1) is 28.4. The van der Waals surface area contributed by atoms with Crippen LogP contribution in [0, 0.1) is 0 Å². The number of hydrogen-bond donors (Lipinski definition) is 1. The summed E-state index contributed by atoms with van der Waals surface area (Å²) in [5.41, 5.74) is 15.6. The third-order valence-corrected chi connectivity index (χ3v) is 10.1. The summed E-state index contributed by atoms with van der Waals surface area (Å²) in [7, 11) is 0. The van der Waals surface area contributed by atoms with Crippen molar-refractivity contribution >= 4 is 33.1 Å². The van der Waals surface area contributed by atoms with E-state index >= 15 is 0 Å². The molecule has 50 heavy (non-hydrogen) atoms. The monoisotopic (exact) mass is 637 g/mol. The standard InChI is InChI=1S/C47H31N3/c1-3-12-32(13-4-1)42-36-16-7-8-17-37(36)43(33-14-5-2-6-15-33)46-39-26-25-34(35-18-11-19-38(44(35)39)45(42)46)30-21-23-31(24-22-30)40-27-29-49-47(50-40)41-20-9-10-28-48-41/h1-28H,29H2,(H,49,50). The van der Waals surface area contributed by atoms with Gasteiger partial charge in [0.1, 0.15) is 5.69 Å². The summed E-state index contributed by atoms with van der Waals surface area (Å²) in [5.74, 6) is 0.802. The van der Waals surface area contributed by atoms with Crippen LogP contribution in [-0.4, -0.2) is 17.4 Å². The number of nitrogens with one attached hydrogen (secondary N) is 1. The molecule has 0 amide bonds. The van der Waals surface area contributed by atoms with Gasteiger partial charge in [0.25, 0.3) is 0 Å². The van der Waals surface area contributed by atoms with Gasteiger partial charge in [-0.15, -0.1) is 0 Å². The summed E-state index contributed by atoms with van der Waals surface area (Å²) in [5, 5.41) is 8.50. The molecular formula is C47H31N3. The Hall–Kier alpha value is -6.58. The minimum Gasteiger partial charge on any atom is -0.365 e. The highest BCUT2D eigenvalue weighted by atomic mass is 15.0. The van der Waals surface area contributed by atoms with Crippen LogP contribution in [0.25, 0.3) is 82.9 Å². The van der Waals surface area contributed by atoms with Gasteiger partial charge in [0.15, 0.2) is 5.84 Å². The van der Waals surface area contributed by atoms with Crippen LogP contribution in [0.5, 0.6) is 0 Å². The van der Waals surface area contributed by atoms with Crippen molar-refractivity contribution in [2.75, 3.05) is 6.54 Å². The zero-order valence-corrected chi connectivity index (χ0v) is 27.3. The Morgan fingerprint density at radius 3 is 1.66 bits per heavy atom. The van der Waals surface area contributed by atoms with Gasteiger partial charge in [-0.2, -0.15) is 0 Å². The zero-order chi connectivity index (χ0) is 33.0. The van der Waals surface area contributed by atoms with Crippen LogP contribution in [0.15, 0.2) is 175 Å². The molecule has 0 atom stereocenters. The van der Waals surface area contributed by atoms with Crippen LogP contribution in [0.3, 0.4) is 0 Å². The van der Waals surface area contributed by atoms with E-state index in [9.17, 15) is 0 Å². The Labute approximate surface area is 291 Å². The molecule has 0 unspecified atom stereocenters. The number of benzene rings is 7. The first-order chi connectivity index (χ1) is 24.8. The fourth-order valence-electron chi connectivity index (χ4n) is 7.97. The summed E-state index contributed by atoms with van der Waals surface area (Å²) in [4.78, 5) is 9.41. The van der Waals surface area contributed by atoms with E-state index in [4.69, 9.17) is 4.99 Å². The van der Waals surface area contributed by atoms with E-state index in [1.165, 1.54) is 77.2 Å². The van der Waals surface area contributed by atoms with Gasteiger partial charge >= 0.3 is 0 Å². The number of hydrogen-bond acceptors (Lipinski definition) is 3. The van der Waals surface area contributed by atoms with Gasteiger partial charge < -0.3 is 5.32 Å². The molecule has 2 aliphatic rings. The molecule has 1 N–H and O–H groups in total. The molecule has 3 nitrogen and oxygen atoms in total. The Bertz CT molecular complexity index is 2560. The van der Waals surface area contributed by atoms with Gasteiger partial charge in [-0.1, -0.05) is 146 Å². The molecule has 1 aliphatic heterocycles. The van der Waals surface area contributed by atoms with Crippen LogP contribution < -0.4 is 5.32 Å². The number of fused-ring (bicyclic) bond motifs is 4. The topological polar surface area (TPSA) is 37.3 Å². The van der Waals surface area contributed by atoms with Gasteiger partial charge in [0, 0.05) is 12.7 Å². The van der Waals surface area contributed by atoms with E-state index in [2.05, 4.69) is 156 Å². The second kappa shape index (κ2) is 11.5. The van der Waals surface area contributed by atoms with E-state index in [1.807, 2.05) is 18.2 Å². The fraction of sp³-hybridized carbons (Fsp3) is 0.0213. The maximum Gasteiger partial charge on any atom is 0.152 e. The van der Waals surface area contributed by atoms with Crippen molar-refractivity contribution in [2.24, 2.45) is 4.99 Å². The number of rotatable bonds is 5. The van der Waals surface area contributed by atoms with Gasteiger partial charge in [-0.3, -0.25) is 4.98 Å². The van der Waals surface area contributed by atoms with Crippen molar-refractivity contribution in [3.05, 3.63) is 181 Å². The zero-order valence-electron chi connectivity index (χ0n) is 27.3. The molecule has 8 aromatic rings. The summed E-state index contributed by atoms with van der Waals surface area (Å²) in [6.07, 6.45) is 3.94. The van der Waals surface area contributed by atoms with Crippen molar-refractivity contribution in [3.63, 3.8) is 0 Å². The van der Waals surface area contributed by atoms with E-state index in [-0.39, 0.29) is 0 Å². The molecule has 0 bridgehead atoms.